The molecule has 28 heavy (non-hydrogen) atoms. The van der Waals surface area contributed by atoms with Crippen molar-refractivity contribution in [1.29, 1.82) is 0 Å². The zero-order valence-electron chi connectivity index (χ0n) is 15.4. The van der Waals surface area contributed by atoms with Crippen molar-refractivity contribution in [2.75, 3.05) is 26.5 Å². The second-order valence-corrected chi connectivity index (χ2v) is 7.46. The van der Waals surface area contributed by atoms with Crippen molar-refractivity contribution in [3.8, 4) is 17.2 Å². The molecule has 0 aliphatic rings. The maximum absolute atomic E-state index is 5.38. The summed E-state index contributed by atoms with van der Waals surface area (Å²) < 4.78 is 13.3. The number of methoxy groups -OCH3 is 2. The topological polar surface area (TPSA) is 74.1 Å². The minimum absolute atomic E-state index is 0. The number of rotatable bonds is 9. The van der Waals surface area contributed by atoms with Crippen LogP contribution in [-0.4, -0.2) is 46.7 Å². The Morgan fingerprint density at radius 3 is 2.64 bits per heavy atom. The van der Waals surface area contributed by atoms with E-state index in [4.69, 9.17) is 9.47 Å². The van der Waals surface area contributed by atoms with Crippen LogP contribution in [0.15, 0.2) is 52.1 Å². The summed E-state index contributed by atoms with van der Waals surface area (Å²) in [6, 6.07) is 13.9. The molecule has 0 bridgehead atoms. The van der Waals surface area contributed by atoms with Gasteiger partial charge in [-0.3, -0.25) is 0 Å². The third-order valence-corrected chi connectivity index (χ3v) is 5.28. The lowest BCUT2D eigenvalue weighted by molar-refractivity contribution is -0.00000601. The number of thioether (sulfide) groups is 1. The maximum Gasteiger partial charge on any atom is 0.214 e. The summed E-state index contributed by atoms with van der Waals surface area (Å²) in [4.78, 5) is 0. The van der Waals surface area contributed by atoms with Crippen LogP contribution in [0.25, 0.3) is 5.69 Å². The molecule has 0 saturated heterocycles. The Morgan fingerprint density at radius 2 is 1.93 bits per heavy atom. The van der Waals surface area contributed by atoms with E-state index in [2.05, 4.69) is 36.8 Å². The third kappa shape index (κ3) is 5.60. The highest BCUT2D eigenvalue weighted by Gasteiger charge is 2.11. The van der Waals surface area contributed by atoms with Crippen LogP contribution in [0, 0.1) is 0 Å². The van der Waals surface area contributed by atoms with Crippen molar-refractivity contribution in [3.05, 3.63) is 52.5 Å². The van der Waals surface area contributed by atoms with Crippen LogP contribution in [0.3, 0.4) is 0 Å². The summed E-state index contributed by atoms with van der Waals surface area (Å²) in [5.41, 5.74) is 2.06. The second-order valence-electron chi connectivity index (χ2n) is 5.55. The van der Waals surface area contributed by atoms with E-state index in [0.717, 1.165) is 39.7 Å². The van der Waals surface area contributed by atoms with Crippen LogP contribution >= 0.6 is 27.7 Å². The summed E-state index contributed by atoms with van der Waals surface area (Å²) in [6.07, 6.45) is 0. The van der Waals surface area contributed by atoms with Gasteiger partial charge in [-0.15, -0.1) is 5.10 Å². The average molecular weight is 486 g/mol. The molecule has 1 N–H and O–H groups in total. The van der Waals surface area contributed by atoms with Gasteiger partial charge in [-0.25, -0.2) is 0 Å². The van der Waals surface area contributed by atoms with Crippen LogP contribution in [0.2, 0.25) is 0 Å². The van der Waals surface area contributed by atoms with Crippen LogP contribution in [0.4, 0.5) is 0 Å². The minimum atomic E-state index is 0. The number of nitrogens with zero attached hydrogens (tertiary/aromatic N) is 4. The monoisotopic (exact) mass is 484 g/mol. The van der Waals surface area contributed by atoms with E-state index in [1.165, 1.54) is 0 Å². The molecule has 7 nitrogen and oxygen atoms in total. The largest absolute Gasteiger partial charge is 1.00 e. The lowest BCUT2D eigenvalue weighted by atomic mass is 10.2. The zero-order valence-corrected chi connectivity index (χ0v) is 18.6. The quantitative estimate of drug-likeness (QED) is 0.346. The lowest BCUT2D eigenvalue weighted by Crippen LogP contribution is -3.00. The second kappa shape index (κ2) is 11.3. The highest BCUT2D eigenvalue weighted by atomic mass is 79.9. The summed E-state index contributed by atoms with van der Waals surface area (Å²) in [7, 11) is 3.26. The van der Waals surface area contributed by atoms with E-state index in [1.54, 1.807) is 30.7 Å². The molecule has 0 fully saturated rings. The molecule has 150 valence electrons. The van der Waals surface area contributed by atoms with Gasteiger partial charge in [-0.05, 0) is 56.2 Å². The third-order valence-electron chi connectivity index (χ3n) is 3.77. The van der Waals surface area contributed by atoms with Gasteiger partial charge in [0, 0.05) is 18.8 Å². The van der Waals surface area contributed by atoms with E-state index < -0.39 is 0 Å². The van der Waals surface area contributed by atoms with Gasteiger partial charge in [0.05, 0.1) is 24.4 Å². The Hall–Kier alpha value is -1.81. The number of para-hydroxylation sites is 1. The predicted molar refractivity (Wildman–Crippen MR) is 109 cm³/mol. The molecule has 0 atom stereocenters. The molecule has 0 saturated carbocycles. The normalized spacial score (nSPS) is 10.4. The van der Waals surface area contributed by atoms with Gasteiger partial charge in [-0.1, -0.05) is 30.0 Å². The van der Waals surface area contributed by atoms with Gasteiger partial charge in [-0.2, -0.15) is 4.68 Å². The number of ether oxygens (including phenoxy) is 2. The van der Waals surface area contributed by atoms with Gasteiger partial charge in [0.15, 0.2) is 11.5 Å². The van der Waals surface area contributed by atoms with Crippen molar-refractivity contribution in [3.63, 3.8) is 0 Å². The fraction of sp³-hybridized carbons (Fsp3) is 0.278. The van der Waals surface area contributed by atoms with Crippen molar-refractivity contribution in [2.24, 2.45) is 0 Å². The molecule has 1 heterocycles. The average Bonchev–Trinajstić information content (AvgIpc) is 3.16. The molecule has 3 rings (SSSR count). The lowest BCUT2D eigenvalue weighted by Gasteiger charge is -2.12. The molecule has 0 aliphatic carbocycles. The van der Waals surface area contributed by atoms with Gasteiger partial charge in [0.25, 0.3) is 0 Å². The van der Waals surface area contributed by atoms with Crippen molar-refractivity contribution in [2.45, 2.75) is 11.7 Å². The molecular weight excluding hydrogens is 466 g/mol. The Morgan fingerprint density at radius 1 is 1.14 bits per heavy atom. The first-order valence-electron chi connectivity index (χ1n) is 8.30. The van der Waals surface area contributed by atoms with Gasteiger partial charge >= 0.3 is 0 Å². The number of tetrazole rings is 1. The molecule has 2 aromatic carbocycles. The van der Waals surface area contributed by atoms with Crippen LogP contribution in [0.5, 0.6) is 11.5 Å². The summed E-state index contributed by atoms with van der Waals surface area (Å²) in [5, 5.41) is 16.1. The first kappa shape index (κ1) is 22.5. The van der Waals surface area contributed by atoms with E-state index >= 15 is 0 Å². The molecule has 10 heteroatoms. The number of benzene rings is 2. The van der Waals surface area contributed by atoms with E-state index in [9.17, 15) is 0 Å². The SMILES string of the molecule is COc1cc(CNCCSc2nnnn2-c2ccccc2)cc(Br)c1OC.[Cl-]. The van der Waals surface area contributed by atoms with E-state index in [1.807, 2.05) is 42.5 Å². The molecule has 0 amide bonds. The number of hydrogen-bond acceptors (Lipinski definition) is 7. The first-order valence-corrected chi connectivity index (χ1v) is 10.1. The predicted octanol–water partition coefficient (Wildman–Crippen LogP) is 0.328. The van der Waals surface area contributed by atoms with Gasteiger partial charge in [0.1, 0.15) is 0 Å². The van der Waals surface area contributed by atoms with Gasteiger partial charge in [0.2, 0.25) is 5.16 Å². The fourth-order valence-electron chi connectivity index (χ4n) is 2.52. The maximum atomic E-state index is 5.38. The first-order chi connectivity index (χ1) is 13.2. The highest BCUT2D eigenvalue weighted by Crippen LogP contribution is 2.36. The molecule has 3 aromatic rings. The minimum Gasteiger partial charge on any atom is -1.00 e. The van der Waals surface area contributed by atoms with Crippen LogP contribution in [0.1, 0.15) is 5.56 Å². The standard InChI is InChI=1S/C18H20BrN5O2S.ClH/c1-25-16-11-13(10-15(19)17(16)26-2)12-20-8-9-27-18-21-22-23-24(18)14-6-4-3-5-7-14;/h3-7,10-11,20H,8-9,12H2,1-2H3;1H/p-1. The molecule has 0 spiro atoms. The summed E-state index contributed by atoms with van der Waals surface area (Å²) in [5.74, 6) is 2.26. The highest BCUT2D eigenvalue weighted by molar-refractivity contribution is 9.10. The van der Waals surface area contributed by atoms with Crippen LogP contribution in [-0.2, 0) is 6.54 Å². The Labute approximate surface area is 182 Å². The Balaban J connectivity index is 0.00000280. The summed E-state index contributed by atoms with van der Waals surface area (Å²) in [6.45, 7) is 1.54. The number of aromatic nitrogens is 4. The molecule has 0 aliphatic heterocycles. The fourth-order valence-corrected chi connectivity index (χ4v) is 3.96. The smallest absolute Gasteiger partial charge is 0.214 e. The number of halogens is 2. The number of nitrogens with one attached hydrogen (secondary N) is 1. The molecule has 0 unspecified atom stereocenters. The van der Waals surface area contributed by atoms with E-state index in [0.29, 0.717) is 11.5 Å². The Bertz CT molecular complexity index is 882. The molecule has 0 radical (unpaired) electrons. The summed E-state index contributed by atoms with van der Waals surface area (Å²) >= 11 is 5.13. The van der Waals surface area contributed by atoms with Gasteiger partial charge < -0.3 is 27.2 Å². The molecule has 1 aromatic heterocycles. The zero-order chi connectivity index (χ0) is 19.1. The molecular formula is C18H20BrClN5O2S-. The van der Waals surface area contributed by atoms with E-state index in [-0.39, 0.29) is 12.4 Å². The Kier molecular flexibility index (Phi) is 9.04. The van der Waals surface area contributed by atoms with Crippen molar-refractivity contribution in [1.82, 2.24) is 25.5 Å². The van der Waals surface area contributed by atoms with Crippen molar-refractivity contribution >= 4 is 27.7 Å². The number of hydrogen-bond donors (Lipinski definition) is 1. The van der Waals surface area contributed by atoms with Crippen LogP contribution < -0.4 is 27.2 Å². The van der Waals surface area contributed by atoms with Crippen molar-refractivity contribution < 1.29 is 21.9 Å².